The van der Waals surface area contributed by atoms with Crippen molar-refractivity contribution in [3.05, 3.63) is 18.2 Å². The quantitative estimate of drug-likeness (QED) is 0.766. The smallest absolute Gasteiger partial charge is 0.334 e. The van der Waals surface area contributed by atoms with Crippen LogP contribution in [0.3, 0.4) is 0 Å². The summed E-state index contributed by atoms with van der Waals surface area (Å²) in [4.78, 5) is 16.8. The molecule has 1 atom stereocenters. The lowest BCUT2D eigenvalue weighted by Gasteiger charge is -2.10. The first-order valence-electron chi connectivity index (χ1n) is 5.03. The first kappa shape index (κ1) is 13.8. The van der Waals surface area contributed by atoms with Crippen molar-refractivity contribution in [2.24, 2.45) is 0 Å². The van der Waals surface area contributed by atoms with Gasteiger partial charge < -0.3 is 5.11 Å². The van der Waals surface area contributed by atoms with Crippen molar-refractivity contribution in [2.75, 3.05) is 0 Å². The number of carboxylic acid groups (broad SMARTS) is 1. The van der Waals surface area contributed by atoms with E-state index in [9.17, 15) is 13.2 Å². The first-order chi connectivity index (χ1) is 8.92. The molecule has 1 aromatic carbocycles. The Balaban J connectivity index is 2.29. The van der Waals surface area contributed by atoms with Gasteiger partial charge in [0.05, 0.1) is 11.7 Å². The third-order valence-corrected chi connectivity index (χ3v) is 3.99. The maximum atomic E-state index is 12.0. The molecule has 2 rings (SSSR count). The Labute approximate surface area is 112 Å². The average molecular weight is 303 g/mol. The number of aliphatic carboxylic acids is 1. The zero-order valence-electron chi connectivity index (χ0n) is 9.60. The van der Waals surface area contributed by atoms with Gasteiger partial charge in [0, 0.05) is 0 Å². The van der Waals surface area contributed by atoms with Crippen molar-refractivity contribution in [2.45, 2.75) is 17.9 Å². The Morgan fingerprint density at radius 2 is 2.21 bits per heavy atom. The molecule has 0 bridgehead atoms. The van der Waals surface area contributed by atoms with Crippen LogP contribution in [0.15, 0.2) is 23.1 Å². The zero-order chi connectivity index (χ0) is 14.0. The highest BCUT2D eigenvalue weighted by molar-refractivity contribution is 7.89. The fraction of sp³-hybridized carbons (Fsp3) is 0.222. The number of benzene rings is 1. The molecule has 19 heavy (non-hydrogen) atoms. The van der Waals surface area contributed by atoms with Gasteiger partial charge in [-0.15, -0.1) is 0 Å². The molecule has 0 aliphatic heterocycles. The van der Waals surface area contributed by atoms with Gasteiger partial charge in [-0.25, -0.2) is 13.2 Å². The standard InChI is InChI=1S/C9H9N3O5S2/c1-5(9(13)14)17-12-19(15,16)7-4-2-3-6-8(7)11-18-10-6/h2-5,12H,1H3,(H,13,14). The van der Waals surface area contributed by atoms with Crippen molar-refractivity contribution in [1.29, 1.82) is 0 Å². The zero-order valence-corrected chi connectivity index (χ0v) is 11.2. The van der Waals surface area contributed by atoms with Gasteiger partial charge in [-0.1, -0.05) is 11.0 Å². The Bertz CT molecular complexity index is 711. The summed E-state index contributed by atoms with van der Waals surface area (Å²) in [6.07, 6.45) is -1.30. The molecule has 1 unspecified atom stereocenters. The maximum absolute atomic E-state index is 12.0. The normalized spacial score (nSPS) is 13.5. The summed E-state index contributed by atoms with van der Waals surface area (Å²) in [5, 5.41) is 8.61. The van der Waals surface area contributed by atoms with E-state index in [4.69, 9.17) is 5.11 Å². The molecule has 0 fully saturated rings. The highest BCUT2D eigenvalue weighted by atomic mass is 32.2. The van der Waals surface area contributed by atoms with Crippen molar-refractivity contribution >= 4 is 38.8 Å². The van der Waals surface area contributed by atoms with Crippen LogP contribution < -0.4 is 4.89 Å². The van der Waals surface area contributed by atoms with Gasteiger partial charge >= 0.3 is 5.97 Å². The van der Waals surface area contributed by atoms with E-state index < -0.39 is 22.1 Å². The van der Waals surface area contributed by atoms with Crippen molar-refractivity contribution in [3.63, 3.8) is 0 Å². The van der Waals surface area contributed by atoms with Crippen LogP contribution in [0.5, 0.6) is 0 Å². The molecule has 0 radical (unpaired) electrons. The second-order valence-corrected chi connectivity index (χ2v) is 5.72. The summed E-state index contributed by atoms with van der Waals surface area (Å²) >= 11 is 0.885. The van der Waals surface area contributed by atoms with E-state index in [0.717, 1.165) is 11.7 Å². The Hall–Kier alpha value is -1.62. The lowest BCUT2D eigenvalue weighted by Crippen LogP contribution is -2.32. The molecule has 2 N–H and O–H groups in total. The van der Waals surface area contributed by atoms with E-state index in [-0.39, 0.29) is 10.4 Å². The summed E-state index contributed by atoms with van der Waals surface area (Å²) < 4.78 is 31.8. The number of nitrogens with zero attached hydrogens (tertiary/aromatic N) is 2. The molecule has 1 aromatic heterocycles. The van der Waals surface area contributed by atoms with Crippen molar-refractivity contribution in [3.8, 4) is 0 Å². The summed E-state index contributed by atoms with van der Waals surface area (Å²) in [7, 11) is -4.02. The molecule has 0 saturated heterocycles. The molecule has 102 valence electrons. The summed E-state index contributed by atoms with van der Waals surface area (Å²) in [6, 6.07) is 4.47. The minimum atomic E-state index is -4.02. The predicted molar refractivity (Wildman–Crippen MR) is 65.9 cm³/mol. The molecule has 0 aliphatic carbocycles. The number of aromatic nitrogens is 2. The number of carboxylic acids is 1. The van der Waals surface area contributed by atoms with Crippen LogP contribution in [-0.4, -0.2) is 34.3 Å². The summed E-state index contributed by atoms with van der Waals surface area (Å²) in [5.41, 5.74) is 0.658. The van der Waals surface area contributed by atoms with Gasteiger partial charge in [-0.05, 0) is 19.1 Å². The van der Waals surface area contributed by atoms with E-state index in [1.165, 1.54) is 19.1 Å². The second kappa shape index (κ2) is 5.17. The molecule has 0 spiro atoms. The third-order valence-electron chi connectivity index (χ3n) is 2.22. The number of hydrogen-bond donors (Lipinski definition) is 2. The topological polar surface area (TPSA) is 118 Å². The van der Waals surface area contributed by atoms with E-state index >= 15 is 0 Å². The number of fused-ring (bicyclic) bond motifs is 1. The average Bonchev–Trinajstić information content (AvgIpc) is 2.83. The Morgan fingerprint density at radius 1 is 1.47 bits per heavy atom. The molecule has 8 nitrogen and oxygen atoms in total. The number of rotatable bonds is 5. The fourth-order valence-electron chi connectivity index (χ4n) is 1.23. The van der Waals surface area contributed by atoms with Crippen LogP contribution in [0.2, 0.25) is 0 Å². The molecule has 1 heterocycles. The van der Waals surface area contributed by atoms with Crippen LogP contribution in [0.1, 0.15) is 6.92 Å². The van der Waals surface area contributed by atoms with E-state index in [2.05, 4.69) is 13.6 Å². The van der Waals surface area contributed by atoms with Gasteiger partial charge in [0.15, 0.2) is 6.10 Å². The third kappa shape index (κ3) is 2.87. The van der Waals surface area contributed by atoms with Crippen LogP contribution in [0.4, 0.5) is 0 Å². The van der Waals surface area contributed by atoms with Gasteiger partial charge in [0.1, 0.15) is 15.9 Å². The molecule has 0 saturated carbocycles. The lowest BCUT2D eigenvalue weighted by molar-refractivity contribution is -0.151. The minimum absolute atomic E-state index is 0.115. The van der Waals surface area contributed by atoms with Gasteiger partial charge in [0.2, 0.25) is 0 Å². The van der Waals surface area contributed by atoms with Gasteiger partial charge in [-0.2, -0.15) is 8.75 Å². The Morgan fingerprint density at radius 3 is 2.89 bits per heavy atom. The van der Waals surface area contributed by atoms with Crippen molar-refractivity contribution < 1.29 is 23.2 Å². The molecular formula is C9H9N3O5S2. The highest BCUT2D eigenvalue weighted by Gasteiger charge is 2.22. The highest BCUT2D eigenvalue weighted by Crippen LogP contribution is 2.20. The first-order valence-corrected chi connectivity index (χ1v) is 7.25. The summed E-state index contributed by atoms with van der Waals surface area (Å²) in [5.74, 6) is -1.28. The lowest BCUT2D eigenvalue weighted by atomic mass is 10.3. The maximum Gasteiger partial charge on any atom is 0.334 e. The molecule has 0 amide bonds. The van der Waals surface area contributed by atoms with Crippen LogP contribution >= 0.6 is 11.7 Å². The SMILES string of the molecule is CC(ONS(=O)(=O)c1cccc2nsnc12)C(=O)O. The van der Waals surface area contributed by atoms with Crippen LogP contribution in [0.25, 0.3) is 11.0 Å². The number of carbonyl (C=O) groups is 1. The summed E-state index contributed by atoms with van der Waals surface area (Å²) in [6.45, 7) is 1.20. The number of nitrogens with one attached hydrogen (secondary N) is 1. The van der Waals surface area contributed by atoms with Gasteiger partial charge in [-0.3, -0.25) is 4.84 Å². The monoisotopic (exact) mass is 303 g/mol. The minimum Gasteiger partial charge on any atom is -0.479 e. The molecule has 10 heteroatoms. The molecule has 2 aromatic rings. The van der Waals surface area contributed by atoms with Gasteiger partial charge in [0.25, 0.3) is 10.0 Å². The van der Waals surface area contributed by atoms with Crippen LogP contribution in [-0.2, 0) is 19.7 Å². The predicted octanol–water partition coefficient (Wildman–Crippen LogP) is 0.374. The Kier molecular flexibility index (Phi) is 3.75. The largest absolute Gasteiger partial charge is 0.479 e. The van der Waals surface area contributed by atoms with Crippen molar-refractivity contribution in [1.82, 2.24) is 13.6 Å². The fourth-order valence-corrected chi connectivity index (χ4v) is 2.86. The number of hydrogen-bond acceptors (Lipinski definition) is 7. The van der Waals surface area contributed by atoms with E-state index in [0.29, 0.717) is 5.52 Å². The number of sulfonamides is 1. The van der Waals surface area contributed by atoms with E-state index in [1.807, 2.05) is 0 Å². The van der Waals surface area contributed by atoms with E-state index in [1.54, 1.807) is 11.0 Å². The van der Waals surface area contributed by atoms with Crippen LogP contribution in [0, 0.1) is 0 Å². The molecular weight excluding hydrogens is 294 g/mol. The second-order valence-electron chi connectivity index (χ2n) is 3.57. The molecule has 0 aliphatic rings.